The minimum absolute atomic E-state index is 0.932. The Labute approximate surface area is 134 Å². The maximum Gasteiger partial charge on any atom is 0.0602 e. The molecule has 0 atom stereocenters. The molecule has 2 rings (SSSR count). The van der Waals surface area contributed by atoms with Crippen LogP contribution < -0.4 is 0 Å². The van der Waals surface area contributed by atoms with Gasteiger partial charge in [0.05, 0.1) is 5.71 Å². The Bertz CT molecular complexity index is 640. The highest BCUT2D eigenvalue weighted by atomic mass is 14.7. The summed E-state index contributed by atoms with van der Waals surface area (Å²) in [5.41, 5.74) is 6.18. The van der Waals surface area contributed by atoms with Crippen LogP contribution in [-0.4, -0.2) is 12.8 Å². The predicted octanol–water partition coefficient (Wildman–Crippen LogP) is 5.77. The molecule has 0 aromatic heterocycles. The first kappa shape index (κ1) is 16.2. The van der Waals surface area contributed by atoms with Crippen LogP contribution in [0, 0.1) is 0 Å². The van der Waals surface area contributed by atoms with Crippen molar-refractivity contribution in [3.8, 4) is 0 Å². The van der Waals surface area contributed by atoms with Gasteiger partial charge in [-0.1, -0.05) is 67.5 Å². The Balaban J connectivity index is 2.36. The van der Waals surface area contributed by atoms with Crippen LogP contribution >= 0.6 is 0 Å². The third-order valence-corrected chi connectivity index (χ3v) is 3.76. The van der Waals surface area contributed by atoms with Crippen LogP contribution in [0.3, 0.4) is 0 Å². The summed E-state index contributed by atoms with van der Waals surface area (Å²) in [4.78, 5) is 4.48. The quantitative estimate of drug-likeness (QED) is 0.610. The molecule has 0 saturated carbocycles. The van der Waals surface area contributed by atoms with Crippen molar-refractivity contribution < 1.29 is 0 Å². The van der Waals surface area contributed by atoms with E-state index in [1.165, 1.54) is 28.7 Å². The molecule has 0 aliphatic heterocycles. The van der Waals surface area contributed by atoms with Gasteiger partial charge in [-0.3, -0.25) is 4.99 Å². The van der Waals surface area contributed by atoms with E-state index in [1.54, 1.807) is 0 Å². The first-order chi connectivity index (χ1) is 10.7. The van der Waals surface area contributed by atoms with Crippen LogP contribution in [0.1, 0.15) is 38.7 Å². The van der Waals surface area contributed by atoms with Gasteiger partial charge in [0.15, 0.2) is 0 Å². The molecule has 0 bridgehead atoms. The summed E-state index contributed by atoms with van der Waals surface area (Å²) in [5.74, 6) is 0. The number of allylic oxidation sites excluding steroid dienone is 8. The van der Waals surface area contributed by atoms with Gasteiger partial charge in [-0.2, -0.15) is 0 Å². The normalized spacial score (nSPS) is 16.1. The van der Waals surface area contributed by atoms with Crippen molar-refractivity contribution in [3.63, 3.8) is 0 Å². The zero-order chi connectivity index (χ0) is 15.8. The Morgan fingerprint density at radius 1 is 1.18 bits per heavy atom. The lowest BCUT2D eigenvalue weighted by Gasteiger charge is -2.07. The summed E-state index contributed by atoms with van der Waals surface area (Å²) in [6.07, 6.45) is 14.4. The van der Waals surface area contributed by atoms with Crippen LogP contribution in [0.2, 0.25) is 0 Å². The molecule has 1 aromatic carbocycles. The smallest absolute Gasteiger partial charge is 0.0602 e. The van der Waals surface area contributed by atoms with Gasteiger partial charge in [0.1, 0.15) is 0 Å². The van der Waals surface area contributed by atoms with E-state index in [2.05, 4.69) is 79.6 Å². The van der Waals surface area contributed by atoms with Crippen LogP contribution in [0.15, 0.2) is 76.9 Å². The summed E-state index contributed by atoms with van der Waals surface area (Å²) in [7, 11) is 1.87. The van der Waals surface area contributed by atoms with Crippen molar-refractivity contribution in [2.45, 2.75) is 33.1 Å². The van der Waals surface area contributed by atoms with Gasteiger partial charge in [0.25, 0.3) is 0 Å². The lowest BCUT2D eigenvalue weighted by molar-refractivity contribution is 0.959. The number of hydrogen-bond acceptors (Lipinski definition) is 1. The molecule has 0 fully saturated rings. The van der Waals surface area contributed by atoms with Crippen molar-refractivity contribution in [2.24, 2.45) is 4.99 Å². The average molecular weight is 291 g/mol. The van der Waals surface area contributed by atoms with Crippen molar-refractivity contribution >= 4 is 11.3 Å². The SMILES string of the molecule is CCC/C=C\C(=NC)C1=CC(c2ccccc2)=CC(C)=CC1. The fourth-order valence-electron chi connectivity index (χ4n) is 2.53. The number of unbranched alkanes of at least 4 members (excludes halogenated alkanes) is 1. The first-order valence-electron chi connectivity index (χ1n) is 8.02. The summed E-state index contributed by atoms with van der Waals surface area (Å²) in [5, 5.41) is 0. The van der Waals surface area contributed by atoms with E-state index in [0.717, 1.165) is 18.6 Å². The van der Waals surface area contributed by atoms with Gasteiger partial charge < -0.3 is 0 Å². The van der Waals surface area contributed by atoms with E-state index in [9.17, 15) is 0 Å². The summed E-state index contributed by atoms with van der Waals surface area (Å²) < 4.78 is 0. The maximum atomic E-state index is 4.48. The van der Waals surface area contributed by atoms with Gasteiger partial charge in [-0.25, -0.2) is 0 Å². The minimum Gasteiger partial charge on any atom is -0.288 e. The van der Waals surface area contributed by atoms with E-state index in [-0.39, 0.29) is 0 Å². The average Bonchev–Trinajstić information content (AvgIpc) is 2.75. The minimum atomic E-state index is 0.932. The molecular weight excluding hydrogens is 266 g/mol. The third-order valence-electron chi connectivity index (χ3n) is 3.76. The molecule has 1 aromatic rings. The second kappa shape index (κ2) is 8.33. The fourth-order valence-corrected chi connectivity index (χ4v) is 2.53. The molecule has 0 radical (unpaired) electrons. The molecule has 0 heterocycles. The first-order valence-corrected chi connectivity index (χ1v) is 8.02. The van der Waals surface area contributed by atoms with Crippen molar-refractivity contribution in [1.29, 1.82) is 0 Å². The number of nitrogens with zero attached hydrogens (tertiary/aromatic N) is 1. The monoisotopic (exact) mass is 291 g/mol. The Morgan fingerprint density at radius 2 is 1.95 bits per heavy atom. The maximum absolute atomic E-state index is 4.48. The second-order valence-electron chi connectivity index (χ2n) is 5.59. The van der Waals surface area contributed by atoms with Crippen molar-refractivity contribution in [3.05, 3.63) is 77.4 Å². The number of benzene rings is 1. The Hall–Kier alpha value is -2.15. The fraction of sp³-hybridized carbons (Fsp3) is 0.286. The van der Waals surface area contributed by atoms with Gasteiger partial charge >= 0.3 is 0 Å². The van der Waals surface area contributed by atoms with E-state index in [4.69, 9.17) is 0 Å². The molecule has 0 unspecified atom stereocenters. The Morgan fingerprint density at radius 3 is 2.64 bits per heavy atom. The molecule has 1 aliphatic rings. The topological polar surface area (TPSA) is 12.4 Å². The number of aliphatic imine (C=N–C) groups is 1. The predicted molar refractivity (Wildman–Crippen MR) is 98.3 cm³/mol. The molecule has 0 N–H and O–H groups in total. The largest absolute Gasteiger partial charge is 0.288 e. The van der Waals surface area contributed by atoms with E-state index in [0.29, 0.717) is 0 Å². The number of rotatable bonds is 5. The molecule has 1 aliphatic carbocycles. The van der Waals surface area contributed by atoms with Gasteiger partial charge in [0.2, 0.25) is 0 Å². The van der Waals surface area contributed by atoms with Gasteiger partial charge in [-0.05, 0) is 48.6 Å². The lowest BCUT2D eigenvalue weighted by Crippen LogP contribution is -1.99. The van der Waals surface area contributed by atoms with E-state index < -0.39 is 0 Å². The molecule has 22 heavy (non-hydrogen) atoms. The number of hydrogen-bond donors (Lipinski definition) is 0. The van der Waals surface area contributed by atoms with Crippen molar-refractivity contribution in [2.75, 3.05) is 7.05 Å². The summed E-state index contributed by atoms with van der Waals surface area (Å²) >= 11 is 0. The highest BCUT2D eigenvalue weighted by molar-refractivity contribution is 6.10. The molecule has 114 valence electrons. The summed E-state index contributed by atoms with van der Waals surface area (Å²) in [6.45, 7) is 4.36. The van der Waals surface area contributed by atoms with E-state index >= 15 is 0 Å². The van der Waals surface area contributed by atoms with Crippen LogP contribution in [-0.2, 0) is 0 Å². The molecule has 1 nitrogen and oxygen atoms in total. The second-order valence-corrected chi connectivity index (χ2v) is 5.59. The molecular formula is C21H25N. The molecule has 0 saturated heterocycles. The van der Waals surface area contributed by atoms with Gasteiger partial charge in [0, 0.05) is 7.05 Å². The van der Waals surface area contributed by atoms with Crippen LogP contribution in [0.4, 0.5) is 0 Å². The zero-order valence-corrected chi connectivity index (χ0v) is 13.8. The third kappa shape index (κ3) is 4.42. The van der Waals surface area contributed by atoms with Crippen molar-refractivity contribution in [1.82, 2.24) is 0 Å². The Kier molecular flexibility index (Phi) is 6.14. The molecule has 0 spiro atoms. The highest BCUT2D eigenvalue weighted by Gasteiger charge is 2.08. The molecule has 0 amide bonds. The highest BCUT2D eigenvalue weighted by Crippen LogP contribution is 2.25. The van der Waals surface area contributed by atoms with Crippen LogP contribution in [0.25, 0.3) is 5.57 Å². The van der Waals surface area contributed by atoms with E-state index in [1.807, 2.05) is 7.05 Å². The summed E-state index contributed by atoms with van der Waals surface area (Å²) in [6, 6.07) is 10.6. The molecule has 1 heteroatoms. The van der Waals surface area contributed by atoms with Crippen LogP contribution in [0.5, 0.6) is 0 Å². The lowest BCUT2D eigenvalue weighted by atomic mass is 9.99. The van der Waals surface area contributed by atoms with Gasteiger partial charge in [-0.15, -0.1) is 0 Å². The zero-order valence-electron chi connectivity index (χ0n) is 13.8. The standard InChI is InChI=1S/C21H25N/c1-4-5-7-12-21(22-3)19-14-13-17(2)15-20(16-19)18-10-8-6-9-11-18/h6-13,15-16H,4-5,14H2,1-3H3/b12-7-,22-21?.